The average Bonchev–Trinajstić information content (AvgIpc) is 2.54. The highest BCUT2D eigenvalue weighted by molar-refractivity contribution is 6.35. The first kappa shape index (κ1) is 18.1. The maximum Gasteiger partial charge on any atom is 0.254 e. The van der Waals surface area contributed by atoms with E-state index in [9.17, 15) is 9.59 Å². The zero-order valence-corrected chi connectivity index (χ0v) is 15.0. The molecule has 0 radical (unpaired) electrons. The number of rotatable bonds is 4. The van der Waals surface area contributed by atoms with Gasteiger partial charge in [0.05, 0.1) is 0 Å². The molecule has 0 bridgehead atoms. The second-order valence-corrected chi connectivity index (χ2v) is 6.66. The Labute approximate surface area is 147 Å². The van der Waals surface area contributed by atoms with Gasteiger partial charge < -0.3 is 9.80 Å². The van der Waals surface area contributed by atoms with Crippen LogP contribution in [0.4, 0.5) is 0 Å². The van der Waals surface area contributed by atoms with Crippen molar-refractivity contribution in [3.05, 3.63) is 33.8 Å². The minimum absolute atomic E-state index is 0.0870. The average molecular weight is 357 g/mol. The van der Waals surface area contributed by atoms with Gasteiger partial charge in [-0.1, -0.05) is 37.0 Å². The lowest BCUT2D eigenvalue weighted by Gasteiger charge is -2.36. The SMILES string of the molecule is CCC(CC)C(=O)N1CCN(C(=O)c2cc(Cl)cc(Cl)c2)CC1. The van der Waals surface area contributed by atoms with E-state index in [1.165, 1.54) is 0 Å². The van der Waals surface area contributed by atoms with Gasteiger partial charge in [0.1, 0.15) is 0 Å². The molecule has 0 N–H and O–H groups in total. The Morgan fingerprint density at radius 3 is 1.91 bits per heavy atom. The van der Waals surface area contributed by atoms with E-state index in [4.69, 9.17) is 23.2 Å². The standard InChI is InChI=1S/C17H22Cl2N2O2/c1-3-12(4-2)16(22)20-5-7-21(8-6-20)17(23)13-9-14(18)11-15(19)10-13/h9-12H,3-8H2,1-2H3. The molecule has 1 aromatic rings. The number of nitrogens with zero attached hydrogens (tertiary/aromatic N) is 2. The molecular formula is C17H22Cl2N2O2. The number of piperazine rings is 1. The predicted octanol–water partition coefficient (Wildman–Crippen LogP) is 3.71. The zero-order valence-electron chi connectivity index (χ0n) is 13.5. The summed E-state index contributed by atoms with van der Waals surface area (Å²) in [6.07, 6.45) is 1.71. The van der Waals surface area contributed by atoms with Crippen LogP contribution in [-0.4, -0.2) is 47.8 Å². The van der Waals surface area contributed by atoms with Gasteiger partial charge in [-0.15, -0.1) is 0 Å². The number of hydrogen-bond acceptors (Lipinski definition) is 2. The van der Waals surface area contributed by atoms with Gasteiger partial charge >= 0.3 is 0 Å². The van der Waals surface area contributed by atoms with E-state index >= 15 is 0 Å². The van der Waals surface area contributed by atoms with Crippen molar-refractivity contribution in [2.75, 3.05) is 26.2 Å². The molecule has 0 unspecified atom stereocenters. The predicted molar refractivity (Wildman–Crippen MR) is 93.0 cm³/mol. The summed E-state index contributed by atoms with van der Waals surface area (Å²) in [7, 11) is 0. The fourth-order valence-electron chi connectivity index (χ4n) is 2.89. The Morgan fingerprint density at radius 2 is 1.43 bits per heavy atom. The molecule has 0 aliphatic carbocycles. The molecule has 0 spiro atoms. The summed E-state index contributed by atoms with van der Waals surface area (Å²) in [5.74, 6) is 0.195. The third-order valence-electron chi connectivity index (χ3n) is 4.32. The van der Waals surface area contributed by atoms with E-state index in [1.807, 2.05) is 18.7 Å². The molecule has 1 fully saturated rings. The molecule has 2 amide bonds. The molecule has 1 saturated heterocycles. The summed E-state index contributed by atoms with van der Waals surface area (Å²) < 4.78 is 0. The van der Waals surface area contributed by atoms with Crippen LogP contribution in [0, 0.1) is 5.92 Å². The summed E-state index contributed by atoms with van der Waals surface area (Å²) in [4.78, 5) is 28.5. The van der Waals surface area contributed by atoms with Gasteiger partial charge in [-0.3, -0.25) is 9.59 Å². The Morgan fingerprint density at radius 1 is 0.957 bits per heavy atom. The molecule has 6 heteroatoms. The summed E-state index contributed by atoms with van der Waals surface area (Å²) in [5.41, 5.74) is 0.488. The Balaban J connectivity index is 1.98. The highest BCUT2D eigenvalue weighted by atomic mass is 35.5. The van der Waals surface area contributed by atoms with Gasteiger partial charge in [0.15, 0.2) is 0 Å². The third-order valence-corrected chi connectivity index (χ3v) is 4.76. The van der Waals surface area contributed by atoms with Crippen molar-refractivity contribution < 1.29 is 9.59 Å². The second kappa shape index (κ2) is 8.02. The summed E-state index contributed by atoms with van der Waals surface area (Å²) in [6.45, 7) is 6.30. The van der Waals surface area contributed by atoms with Gasteiger partial charge in [0, 0.05) is 47.7 Å². The highest BCUT2D eigenvalue weighted by Gasteiger charge is 2.27. The number of carbonyl (C=O) groups excluding carboxylic acids is 2. The van der Waals surface area contributed by atoms with Crippen LogP contribution in [-0.2, 0) is 4.79 Å². The molecule has 0 saturated carbocycles. The lowest BCUT2D eigenvalue weighted by Crippen LogP contribution is -2.51. The number of amides is 2. The quantitative estimate of drug-likeness (QED) is 0.824. The van der Waals surface area contributed by atoms with E-state index in [-0.39, 0.29) is 17.7 Å². The van der Waals surface area contributed by atoms with Crippen molar-refractivity contribution >= 4 is 35.0 Å². The van der Waals surface area contributed by atoms with Gasteiger partial charge in [-0.25, -0.2) is 0 Å². The monoisotopic (exact) mass is 356 g/mol. The molecule has 1 heterocycles. The smallest absolute Gasteiger partial charge is 0.254 e. The van der Waals surface area contributed by atoms with Gasteiger partial charge in [-0.2, -0.15) is 0 Å². The molecule has 0 aromatic heterocycles. The molecule has 2 rings (SSSR count). The Hall–Kier alpha value is -1.26. The summed E-state index contributed by atoms with van der Waals surface area (Å²) >= 11 is 11.9. The molecular weight excluding hydrogens is 335 g/mol. The lowest BCUT2D eigenvalue weighted by atomic mass is 10.0. The fraction of sp³-hybridized carbons (Fsp3) is 0.529. The molecule has 1 aromatic carbocycles. The van der Waals surface area contributed by atoms with Crippen molar-refractivity contribution in [2.24, 2.45) is 5.92 Å². The number of carbonyl (C=O) groups is 2. The van der Waals surface area contributed by atoms with Gasteiger partial charge in [0.25, 0.3) is 5.91 Å². The lowest BCUT2D eigenvalue weighted by molar-refractivity contribution is -0.137. The van der Waals surface area contributed by atoms with E-state index < -0.39 is 0 Å². The van der Waals surface area contributed by atoms with Crippen LogP contribution in [0.25, 0.3) is 0 Å². The van der Waals surface area contributed by atoms with Crippen LogP contribution in [0.1, 0.15) is 37.0 Å². The summed E-state index contributed by atoms with van der Waals surface area (Å²) in [5, 5.41) is 0.895. The van der Waals surface area contributed by atoms with Gasteiger partial charge in [-0.05, 0) is 31.0 Å². The van der Waals surface area contributed by atoms with Crippen molar-refractivity contribution in [1.29, 1.82) is 0 Å². The van der Waals surface area contributed by atoms with Crippen LogP contribution in [0.5, 0.6) is 0 Å². The maximum atomic E-state index is 12.5. The van der Waals surface area contributed by atoms with Gasteiger partial charge in [0.2, 0.25) is 5.91 Å². The Kier molecular flexibility index (Phi) is 6.31. The number of hydrogen-bond donors (Lipinski definition) is 0. The topological polar surface area (TPSA) is 40.6 Å². The van der Waals surface area contributed by atoms with Crippen LogP contribution < -0.4 is 0 Å². The van der Waals surface area contributed by atoms with E-state index in [1.54, 1.807) is 23.1 Å². The highest BCUT2D eigenvalue weighted by Crippen LogP contribution is 2.21. The maximum absolute atomic E-state index is 12.5. The van der Waals surface area contributed by atoms with E-state index in [0.717, 1.165) is 12.8 Å². The van der Waals surface area contributed by atoms with Crippen LogP contribution in [0.15, 0.2) is 18.2 Å². The number of benzene rings is 1. The third kappa shape index (κ3) is 4.39. The molecule has 4 nitrogen and oxygen atoms in total. The van der Waals surface area contributed by atoms with E-state index in [2.05, 4.69) is 0 Å². The minimum atomic E-state index is -0.0935. The first-order chi connectivity index (χ1) is 11.0. The largest absolute Gasteiger partial charge is 0.339 e. The normalized spacial score (nSPS) is 15.2. The first-order valence-electron chi connectivity index (χ1n) is 8.00. The van der Waals surface area contributed by atoms with Crippen molar-refractivity contribution in [1.82, 2.24) is 9.80 Å². The van der Waals surface area contributed by atoms with Crippen molar-refractivity contribution in [3.63, 3.8) is 0 Å². The molecule has 23 heavy (non-hydrogen) atoms. The van der Waals surface area contributed by atoms with Crippen LogP contribution in [0.2, 0.25) is 10.0 Å². The molecule has 126 valence electrons. The Bertz CT molecular complexity index is 560. The summed E-state index contributed by atoms with van der Waals surface area (Å²) in [6, 6.07) is 4.85. The van der Waals surface area contributed by atoms with Crippen LogP contribution in [0.3, 0.4) is 0 Å². The molecule has 1 aliphatic rings. The van der Waals surface area contributed by atoms with Crippen molar-refractivity contribution in [2.45, 2.75) is 26.7 Å². The molecule has 1 aliphatic heterocycles. The fourth-order valence-corrected chi connectivity index (χ4v) is 3.41. The number of halogens is 2. The zero-order chi connectivity index (χ0) is 17.0. The second-order valence-electron chi connectivity index (χ2n) is 5.79. The minimum Gasteiger partial charge on any atom is -0.339 e. The van der Waals surface area contributed by atoms with E-state index in [0.29, 0.717) is 41.8 Å². The van der Waals surface area contributed by atoms with Crippen molar-refractivity contribution in [3.8, 4) is 0 Å². The molecule has 0 atom stereocenters. The first-order valence-corrected chi connectivity index (χ1v) is 8.76. The van der Waals surface area contributed by atoms with Crippen LogP contribution >= 0.6 is 23.2 Å².